The van der Waals surface area contributed by atoms with Crippen molar-refractivity contribution in [2.45, 2.75) is 6.54 Å². The first kappa shape index (κ1) is 11.4. The standard InChI is InChI=1S/C15H14N2/c1-17-11-12-5-7-14(8-6-12)15-4-2-3-13(9-15)10-16/h2-9,17H,11H2,1H3. The molecule has 0 saturated heterocycles. The molecule has 2 aromatic rings. The minimum atomic E-state index is 0.696. The molecule has 17 heavy (non-hydrogen) atoms. The average molecular weight is 222 g/mol. The Morgan fingerprint density at radius 2 is 1.82 bits per heavy atom. The second-order valence-corrected chi connectivity index (χ2v) is 3.92. The van der Waals surface area contributed by atoms with Gasteiger partial charge in [0.15, 0.2) is 0 Å². The predicted octanol–water partition coefficient (Wildman–Crippen LogP) is 2.94. The summed E-state index contributed by atoms with van der Waals surface area (Å²) < 4.78 is 0. The van der Waals surface area contributed by atoms with Crippen LogP contribution in [0.1, 0.15) is 11.1 Å². The lowest BCUT2D eigenvalue weighted by atomic mass is 10.0. The van der Waals surface area contributed by atoms with E-state index in [0.717, 1.165) is 17.7 Å². The molecule has 0 spiro atoms. The third kappa shape index (κ3) is 2.72. The van der Waals surface area contributed by atoms with Crippen molar-refractivity contribution in [1.29, 1.82) is 5.26 Å². The van der Waals surface area contributed by atoms with Crippen LogP contribution in [0.3, 0.4) is 0 Å². The van der Waals surface area contributed by atoms with Gasteiger partial charge in [0.2, 0.25) is 0 Å². The van der Waals surface area contributed by atoms with Gasteiger partial charge in [-0.3, -0.25) is 0 Å². The molecule has 0 bridgehead atoms. The molecule has 1 N–H and O–H groups in total. The molecule has 0 fully saturated rings. The van der Waals surface area contributed by atoms with Crippen LogP contribution in [0.5, 0.6) is 0 Å². The van der Waals surface area contributed by atoms with Gasteiger partial charge in [0.1, 0.15) is 0 Å². The molecule has 84 valence electrons. The van der Waals surface area contributed by atoms with Crippen molar-refractivity contribution in [3.8, 4) is 17.2 Å². The Labute approximate surface area is 102 Å². The van der Waals surface area contributed by atoms with Gasteiger partial charge >= 0.3 is 0 Å². The lowest BCUT2D eigenvalue weighted by molar-refractivity contribution is 0.818. The highest BCUT2D eigenvalue weighted by molar-refractivity contribution is 5.65. The zero-order chi connectivity index (χ0) is 12.1. The molecule has 0 amide bonds. The Kier molecular flexibility index (Phi) is 3.54. The number of nitrogens with one attached hydrogen (secondary N) is 1. The summed E-state index contributed by atoms with van der Waals surface area (Å²) in [4.78, 5) is 0. The molecule has 2 rings (SSSR count). The number of hydrogen-bond acceptors (Lipinski definition) is 2. The van der Waals surface area contributed by atoms with Crippen LogP contribution in [0.4, 0.5) is 0 Å². The van der Waals surface area contributed by atoms with Crippen molar-refractivity contribution in [2.75, 3.05) is 7.05 Å². The summed E-state index contributed by atoms with van der Waals surface area (Å²) in [6.07, 6.45) is 0. The van der Waals surface area contributed by atoms with Crippen molar-refractivity contribution in [3.05, 3.63) is 59.7 Å². The second kappa shape index (κ2) is 5.29. The van der Waals surface area contributed by atoms with E-state index in [9.17, 15) is 0 Å². The molecular weight excluding hydrogens is 208 g/mol. The highest BCUT2D eigenvalue weighted by atomic mass is 14.8. The van der Waals surface area contributed by atoms with Crippen molar-refractivity contribution in [1.82, 2.24) is 5.32 Å². The Hall–Kier alpha value is -2.11. The smallest absolute Gasteiger partial charge is 0.0991 e. The molecule has 2 aromatic carbocycles. The molecule has 0 aromatic heterocycles. The lowest BCUT2D eigenvalue weighted by Gasteiger charge is -2.04. The molecule has 0 radical (unpaired) electrons. The van der Waals surface area contributed by atoms with Gasteiger partial charge in [0.05, 0.1) is 11.6 Å². The number of nitriles is 1. The molecule has 2 heteroatoms. The molecule has 0 atom stereocenters. The first-order valence-electron chi connectivity index (χ1n) is 5.57. The molecule has 0 unspecified atom stereocenters. The Morgan fingerprint density at radius 3 is 2.47 bits per heavy atom. The summed E-state index contributed by atoms with van der Waals surface area (Å²) in [6, 6.07) is 18.2. The first-order chi connectivity index (χ1) is 8.33. The Bertz CT molecular complexity index is 536. The van der Waals surface area contributed by atoms with Crippen LogP contribution in [0.25, 0.3) is 11.1 Å². The lowest BCUT2D eigenvalue weighted by Crippen LogP contribution is -2.04. The van der Waals surface area contributed by atoms with Gasteiger partial charge in [0.25, 0.3) is 0 Å². The molecule has 0 aliphatic heterocycles. The molecule has 2 nitrogen and oxygen atoms in total. The summed E-state index contributed by atoms with van der Waals surface area (Å²) in [5.41, 5.74) is 4.18. The molecule has 0 aliphatic carbocycles. The fourth-order valence-corrected chi connectivity index (χ4v) is 1.79. The quantitative estimate of drug-likeness (QED) is 0.866. The zero-order valence-corrected chi connectivity index (χ0v) is 9.77. The average Bonchev–Trinajstić information content (AvgIpc) is 2.40. The summed E-state index contributed by atoms with van der Waals surface area (Å²) in [5.74, 6) is 0. The van der Waals surface area contributed by atoms with E-state index in [1.165, 1.54) is 5.56 Å². The number of rotatable bonds is 3. The number of benzene rings is 2. The summed E-state index contributed by atoms with van der Waals surface area (Å²) in [6.45, 7) is 0.874. The van der Waals surface area contributed by atoms with Crippen LogP contribution in [0.2, 0.25) is 0 Å². The number of hydrogen-bond donors (Lipinski definition) is 1. The first-order valence-corrected chi connectivity index (χ1v) is 5.57. The van der Waals surface area contributed by atoms with Crippen LogP contribution in [-0.4, -0.2) is 7.05 Å². The second-order valence-electron chi connectivity index (χ2n) is 3.92. The van der Waals surface area contributed by atoms with Crippen LogP contribution in [-0.2, 0) is 6.54 Å². The Balaban J connectivity index is 2.30. The maximum absolute atomic E-state index is 8.86. The van der Waals surface area contributed by atoms with E-state index in [1.54, 1.807) is 0 Å². The fourth-order valence-electron chi connectivity index (χ4n) is 1.79. The third-order valence-electron chi connectivity index (χ3n) is 2.66. The van der Waals surface area contributed by atoms with Crippen LogP contribution in [0.15, 0.2) is 48.5 Å². The van der Waals surface area contributed by atoms with E-state index < -0.39 is 0 Å². The van der Waals surface area contributed by atoms with Crippen molar-refractivity contribution < 1.29 is 0 Å². The zero-order valence-electron chi connectivity index (χ0n) is 9.77. The van der Waals surface area contributed by atoms with Crippen molar-refractivity contribution >= 4 is 0 Å². The normalized spacial score (nSPS) is 9.88. The van der Waals surface area contributed by atoms with Gasteiger partial charge in [-0.2, -0.15) is 5.26 Å². The maximum Gasteiger partial charge on any atom is 0.0991 e. The molecular formula is C15H14N2. The highest BCUT2D eigenvalue weighted by Crippen LogP contribution is 2.20. The van der Waals surface area contributed by atoms with Gasteiger partial charge in [0, 0.05) is 6.54 Å². The minimum absolute atomic E-state index is 0.696. The van der Waals surface area contributed by atoms with Gasteiger partial charge in [-0.05, 0) is 35.9 Å². The largest absolute Gasteiger partial charge is 0.316 e. The SMILES string of the molecule is CNCc1ccc(-c2cccc(C#N)c2)cc1. The van der Waals surface area contributed by atoms with Gasteiger partial charge < -0.3 is 5.32 Å². The molecule has 0 aliphatic rings. The van der Waals surface area contributed by atoms with Gasteiger partial charge in [-0.25, -0.2) is 0 Å². The summed E-state index contributed by atoms with van der Waals surface area (Å²) in [7, 11) is 1.93. The molecule has 0 heterocycles. The van der Waals surface area contributed by atoms with E-state index in [1.807, 2.05) is 31.3 Å². The van der Waals surface area contributed by atoms with E-state index in [2.05, 4.69) is 35.7 Å². The van der Waals surface area contributed by atoms with Crippen molar-refractivity contribution in [3.63, 3.8) is 0 Å². The molecule has 0 saturated carbocycles. The third-order valence-corrected chi connectivity index (χ3v) is 2.66. The maximum atomic E-state index is 8.86. The topological polar surface area (TPSA) is 35.8 Å². The summed E-state index contributed by atoms with van der Waals surface area (Å²) >= 11 is 0. The van der Waals surface area contributed by atoms with E-state index >= 15 is 0 Å². The van der Waals surface area contributed by atoms with Crippen LogP contribution >= 0.6 is 0 Å². The monoisotopic (exact) mass is 222 g/mol. The Morgan fingerprint density at radius 1 is 1.06 bits per heavy atom. The predicted molar refractivity (Wildman–Crippen MR) is 69.4 cm³/mol. The van der Waals surface area contributed by atoms with Crippen LogP contribution < -0.4 is 5.32 Å². The highest BCUT2D eigenvalue weighted by Gasteiger charge is 1.99. The minimum Gasteiger partial charge on any atom is -0.316 e. The fraction of sp³-hybridized carbons (Fsp3) is 0.133. The van der Waals surface area contributed by atoms with E-state index in [4.69, 9.17) is 5.26 Å². The van der Waals surface area contributed by atoms with E-state index in [-0.39, 0.29) is 0 Å². The number of nitrogens with zero attached hydrogens (tertiary/aromatic N) is 1. The van der Waals surface area contributed by atoms with Crippen molar-refractivity contribution in [2.24, 2.45) is 0 Å². The van der Waals surface area contributed by atoms with Crippen LogP contribution in [0, 0.1) is 11.3 Å². The van der Waals surface area contributed by atoms with Gasteiger partial charge in [-0.15, -0.1) is 0 Å². The summed E-state index contributed by atoms with van der Waals surface area (Å²) in [5, 5.41) is 12.0. The van der Waals surface area contributed by atoms with Gasteiger partial charge in [-0.1, -0.05) is 36.4 Å². The van der Waals surface area contributed by atoms with E-state index in [0.29, 0.717) is 5.56 Å².